The molecule has 1 aliphatic rings. The number of hydrogen-bond acceptors (Lipinski definition) is 5. The molecule has 1 aliphatic heterocycles. The number of carbonyl (C=O) groups is 3. The van der Waals surface area contributed by atoms with Crippen LogP contribution in [0.3, 0.4) is 0 Å². The molecule has 7 nitrogen and oxygen atoms in total. The van der Waals surface area contributed by atoms with Crippen LogP contribution in [0.15, 0.2) is 18.2 Å². The molecular weight excluding hydrogens is 312 g/mol. The molecule has 0 spiro atoms. The van der Waals surface area contributed by atoms with E-state index in [0.29, 0.717) is 24.7 Å². The molecule has 0 fully saturated rings. The molecule has 2 N–H and O–H groups in total. The standard InChI is InChI=1S/C17H22N2O5/c1-10(2)5-6-19-9-12-4-3-11(17(23)24)7-13(12)18-14(16(19)22)8-15(20)21/h3-4,7,10,14,18H,5-6,8-9H2,1-2H3,(H,20,21)(H,23,24)/p-1. The Labute approximate surface area is 140 Å². The lowest BCUT2D eigenvalue weighted by Crippen LogP contribution is -2.44. The average Bonchev–Trinajstić information content (AvgIpc) is 2.61. The zero-order chi connectivity index (χ0) is 17.9. The number of aromatic carboxylic acids is 1. The molecule has 1 atom stereocenters. The maximum atomic E-state index is 12.6. The van der Waals surface area contributed by atoms with Gasteiger partial charge in [-0.15, -0.1) is 0 Å². The monoisotopic (exact) mass is 333 g/mol. The molecule has 0 aliphatic carbocycles. The van der Waals surface area contributed by atoms with Crippen molar-refractivity contribution in [2.75, 3.05) is 11.9 Å². The Morgan fingerprint density at radius 3 is 2.71 bits per heavy atom. The average molecular weight is 333 g/mol. The van der Waals surface area contributed by atoms with E-state index in [9.17, 15) is 19.5 Å². The predicted molar refractivity (Wildman–Crippen MR) is 85.3 cm³/mol. The number of aliphatic carboxylic acids is 1. The number of anilines is 1. The van der Waals surface area contributed by atoms with Crippen molar-refractivity contribution in [3.8, 4) is 0 Å². The first-order valence-corrected chi connectivity index (χ1v) is 7.89. The largest absolute Gasteiger partial charge is 0.550 e. The Bertz CT molecular complexity index is 656. The van der Waals surface area contributed by atoms with E-state index in [2.05, 4.69) is 5.32 Å². The number of carboxylic acids is 2. The van der Waals surface area contributed by atoms with E-state index in [-0.39, 0.29) is 11.5 Å². The van der Waals surface area contributed by atoms with Crippen molar-refractivity contribution in [1.82, 2.24) is 4.90 Å². The smallest absolute Gasteiger partial charge is 0.335 e. The summed E-state index contributed by atoms with van der Waals surface area (Å²) in [6, 6.07) is 3.60. The minimum atomic E-state index is -1.33. The van der Waals surface area contributed by atoms with Crippen molar-refractivity contribution < 1.29 is 24.6 Å². The Balaban J connectivity index is 2.35. The fourth-order valence-corrected chi connectivity index (χ4v) is 2.64. The lowest BCUT2D eigenvalue weighted by atomic mass is 10.1. The van der Waals surface area contributed by atoms with E-state index in [1.807, 2.05) is 13.8 Å². The van der Waals surface area contributed by atoms with Gasteiger partial charge in [-0.25, -0.2) is 4.79 Å². The number of nitrogens with one attached hydrogen (secondary N) is 1. The summed E-state index contributed by atoms with van der Waals surface area (Å²) in [5.74, 6) is -2.32. The van der Waals surface area contributed by atoms with Crippen LogP contribution in [0.25, 0.3) is 0 Å². The van der Waals surface area contributed by atoms with Crippen LogP contribution >= 0.6 is 0 Å². The molecule has 1 heterocycles. The van der Waals surface area contributed by atoms with Gasteiger partial charge in [-0.2, -0.15) is 0 Å². The van der Waals surface area contributed by atoms with Crippen LogP contribution in [0.2, 0.25) is 0 Å². The van der Waals surface area contributed by atoms with Crippen LogP contribution in [0, 0.1) is 5.92 Å². The molecule has 2 rings (SSSR count). The van der Waals surface area contributed by atoms with E-state index in [1.165, 1.54) is 12.1 Å². The van der Waals surface area contributed by atoms with E-state index in [1.54, 1.807) is 11.0 Å². The van der Waals surface area contributed by atoms with Gasteiger partial charge in [0.15, 0.2) is 0 Å². The van der Waals surface area contributed by atoms with Crippen LogP contribution in [0.5, 0.6) is 0 Å². The lowest BCUT2D eigenvalue weighted by molar-refractivity contribution is -0.305. The Kier molecular flexibility index (Phi) is 5.43. The van der Waals surface area contributed by atoms with Crippen LogP contribution in [-0.4, -0.2) is 40.4 Å². The van der Waals surface area contributed by atoms with Gasteiger partial charge < -0.3 is 25.2 Å². The van der Waals surface area contributed by atoms with Crippen LogP contribution in [0.1, 0.15) is 42.6 Å². The number of nitrogens with zero attached hydrogens (tertiary/aromatic N) is 1. The highest BCUT2D eigenvalue weighted by molar-refractivity contribution is 5.92. The van der Waals surface area contributed by atoms with Crippen molar-refractivity contribution in [2.24, 2.45) is 5.92 Å². The third kappa shape index (κ3) is 4.24. The maximum absolute atomic E-state index is 12.6. The highest BCUT2D eigenvalue weighted by Crippen LogP contribution is 2.26. The predicted octanol–water partition coefficient (Wildman–Crippen LogP) is 0.694. The summed E-state index contributed by atoms with van der Waals surface area (Å²) in [6.07, 6.45) is 0.333. The van der Waals surface area contributed by atoms with Gasteiger partial charge in [0.05, 0.1) is 5.56 Å². The molecule has 7 heteroatoms. The minimum Gasteiger partial charge on any atom is -0.550 e. The van der Waals surface area contributed by atoms with Crippen LogP contribution < -0.4 is 10.4 Å². The second kappa shape index (κ2) is 7.33. The topological polar surface area (TPSA) is 110 Å². The van der Waals surface area contributed by atoms with Gasteiger partial charge in [0.25, 0.3) is 0 Å². The Morgan fingerprint density at radius 1 is 1.42 bits per heavy atom. The van der Waals surface area contributed by atoms with E-state index in [4.69, 9.17) is 5.11 Å². The van der Waals surface area contributed by atoms with Crippen molar-refractivity contribution in [3.63, 3.8) is 0 Å². The molecule has 130 valence electrons. The van der Waals surface area contributed by atoms with E-state index >= 15 is 0 Å². The number of carboxylic acid groups (broad SMARTS) is 2. The SMILES string of the molecule is CC(C)CCN1Cc2ccc(C(=O)O)cc2NC(CC(=O)[O-])C1=O. The lowest BCUT2D eigenvalue weighted by Gasteiger charge is -2.25. The molecule has 0 saturated heterocycles. The normalized spacial score (nSPS) is 17.2. The summed E-state index contributed by atoms with van der Waals surface area (Å²) in [7, 11) is 0. The van der Waals surface area contributed by atoms with Crippen molar-refractivity contribution >= 4 is 23.5 Å². The summed E-state index contributed by atoms with van der Waals surface area (Å²) in [6.45, 7) is 4.93. The summed E-state index contributed by atoms with van der Waals surface area (Å²) in [4.78, 5) is 36.4. The van der Waals surface area contributed by atoms with E-state index in [0.717, 1.165) is 12.0 Å². The zero-order valence-corrected chi connectivity index (χ0v) is 13.7. The van der Waals surface area contributed by atoms with Crippen LogP contribution in [-0.2, 0) is 16.1 Å². The molecule has 1 unspecified atom stereocenters. The quantitative estimate of drug-likeness (QED) is 0.793. The molecule has 1 aromatic carbocycles. The highest BCUT2D eigenvalue weighted by Gasteiger charge is 2.29. The molecule has 24 heavy (non-hydrogen) atoms. The van der Waals surface area contributed by atoms with Crippen LogP contribution in [0.4, 0.5) is 5.69 Å². The second-order valence-corrected chi connectivity index (χ2v) is 6.39. The Morgan fingerprint density at radius 2 is 2.12 bits per heavy atom. The fraction of sp³-hybridized carbons (Fsp3) is 0.471. The first-order chi connectivity index (χ1) is 11.3. The first kappa shape index (κ1) is 17.8. The summed E-state index contributed by atoms with van der Waals surface area (Å²) < 4.78 is 0. The molecule has 1 amide bonds. The van der Waals surface area contributed by atoms with Gasteiger partial charge in [0.1, 0.15) is 6.04 Å². The van der Waals surface area contributed by atoms with Gasteiger partial charge in [-0.05, 0) is 30.0 Å². The third-order valence-electron chi connectivity index (χ3n) is 4.00. The van der Waals surface area contributed by atoms with Gasteiger partial charge >= 0.3 is 5.97 Å². The number of hydrogen-bond donors (Lipinski definition) is 2. The number of rotatable bonds is 6. The van der Waals surface area contributed by atoms with Crippen molar-refractivity contribution in [1.29, 1.82) is 0 Å². The number of amides is 1. The molecule has 1 aromatic rings. The summed E-state index contributed by atoms with van der Waals surface area (Å²) in [5, 5.41) is 23.0. The zero-order valence-electron chi connectivity index (χ0n) is 13.7. The maximum Gasteiger partial charge on any atom is 0.335 e. The van der Waals surface area contributed by atoms with Crippen molar-refractivity contribution in [2.45, 2.75) is 39.3 Å². The number of carbonyl (C=O) groups excluding carboxylic acids is 2. The Hall–Kier alpha value is -2.57. The fourth-order valence-electron chi connectivity index (χ4n) is 2.64. The van der Waals surface area contributed by atoms with E-state index < -0.39 is 24.4 Å². The number of fused-ring (bicyclic) bond motifs is 1. The highest BCUT2D eigenvalue weighted by atomic mass is 16.4. The molecular formula is C17H21N2O5-. The summed E-state index contributed by atoms with van der Waals surface area (Å²) in [5.41, 5.74) is 1.32. The molecule has 0 saturated carbocycles. The van der Waals surface area contributed by atoms with Crippen molar-refractivity contribution in [3.05, 3.63) is 29.3 Å². The van der Waals surface area contributed by atoms with Gasteiger partial charge in [-0.3, -0.25) is 4.79 Å². The molecule has 0 radical (unpaired) electrons. The van der Waals surface area contributed by atoms with Gasteiger partial charge in [-0.1, -0.05) is 19.9 Å². The minimum absolute atomic E-state index is 0.0801. The molecule has 0 bridgehead atoms. The van der Waals surface area contributed by atoms with Gasteiger partial charge in [0, 0.05) is 31.2 Å². The molecule has 0 aromatic heterocycles. The first-order valence-electron chi connectivity index (χ1n) is 7.89. The number of benzene rings is 1. The van der Waals surface area contributed by atoms with Gasteiger partial charge in [0.2, 0.25) is 5.91 Å². The third-order valence-corrected chi connectivity index (χ3v) is 4.00. The second-order valence-electron chi connectivity index (χ2n) is 6.39. The summed E-state index contributed by atoms with van der Waals surface area (Å²) >= 11 is 0.